The minimum atomic E-state index is 0.249. The van der Waals surface area contributed by atoms with Crippen molar-refractivity contribution in [2.75, 3.05) is 0 Å². The van der Waals surface area contributed by atoms with Crippen molar-refractivity contribution >= 4 is 11.9 Å². The van der Waals surface area contributed by atoms with Gasteiger partial charge in [0.05, 0.1) is 0 Å². The lowest BCUT2D eigenvalue weighted by atomic mass is 9.68. The molecule has 1 aliphatic carbocycles. The predicted octanol–water partition coefficient (Wildman–Crippen LogP) is 4.10. The highest BCUT2D eigenvalue weighted by Gasteiger charge is 2.33. The molecule has 1 unspecified atom stereocenters. The summed E-state index contributed by atoms with van der Waals surface area (Å²) in [5.41, 5.74) is 1.46. The van der Waals surface area contributed by atoms with Crippen molar-refractivity contribution < 1.29 is 4.79 Å². The molecule has 0 bridgehead atoms. The zero-order valence-corrected chi connectivity index (χ0v) is 10.6. The molecule has 90 valence electrons. The first-order chi connectivity index (χ1) is 8.08. The van der Waals surface area contributed by atoms with Crippen molar-refractivity contribution in [2.45, 2.75) is 33.1 Å². The van der Waals surface area contributed by atoms with E-state index in [1.165, 1.54) is 5.56 Å². The smallest absolute Gasteiger partial charge is 0.133 e. The van der Waals surface area contributed by atoms with Gasteiger partial charge in [-0.1, -0.05) is 56.3 Å². The molecule has 1 atom stereocenters. The van der Waals surface area contributed by atoms with E-state index in [2.05, 4.69) is 38.1 Å². The zero-order valence-electron chi connectivity index (χ0n) is 10.6. The molecule has 1 aromatic rings. The quantitative estimate of drug-likeness (QED) is 0.745. The second-order valence-corrected chi connectivity index (χ2v) is 5.61. The highest BCUT2D eigenvalue weighted by atomic mass is 16.1. The van der Waals surface area contributed by atoms with Gasteiger partial charge in [-0.25, -0.2) is 0 Å². The van der Waals surface area contributed by atoms with Crippen LogP contribution in [0.5, 0.6) is 0 Å². The van der Waals surface area contributed by atoms with Crippen LogP contribution in [0.15, 0.2) is 36.4 Å². The molecular formula is C16H20O. The van der Waals surface area contributed by atoms with Gasteiger partial charge in [-0.2, -0.15) is 0 Å². The van der Waals surface area contributed by atoms with E-state index >= 15 is 0 Å². The van der Waals surface area contributed by atoms with Gasteiger partial charge in [0.1, 0.15) is 5.78 Å². The number of rotatable bonds is 2. The van der Waals surface area contributed by atoms with Crippen molar-refractivity contribution in [3.63, 3.8) is 0 Å². The normalized spacial score (nSPS) is 24.1. The molecule has 0 radical (unpaired) electrons. The van der Waals surface area contributed by atoms with Crippen LogP contribution in [0.25, 0.3) is 6.08 Å². The molecule has 0 amide bonds. The number of hydrogen-bond acceptors (Lipinski definition) is 1. The molecule has 17 heavy (non-hydrogen) atoms. The highest BCUT2D eigenvalue weighted by molar-refractivity contribution is 5.80. The molecule has 0 aromatic heterocycles. The first-order valence-corrected chi connectivity index (χ1v) is 6.33. The summed E-state index contributed by atoms with van der Waals surface area (Å²) in [5, 5.41) is 0. The first kappa shape index (κ1) is 12.1. The first-order valence-electron chi connectivity index (χ1n) is 6.33. The molecule has 1 aromatic carbocycles. The Morgan fingerprint density at radius 2 is 1.94 bits per heavy atom. The number of ketones is 1. The minimum absolute atomic E-state index is 0.249. The predicted molar refractivity (Wildman–Crippen MR) is 71.6 cm³/mol. The highest BCUT2D eigenvalue weighted by Crippen LogP contribution is 2.40. The Morgan fingerprint density at radius 1 is 1.24 bits per heavy atom. The maximum Gasteiger partial charge on any atom is 0.133 e. The molecule has 1 fully saturated rings. The van der Waals surface area contributed by atoms with E-state index in [1.807, 2.05) is 18.2 Å². The Kier molecular flexibility index (Phi) is 3.46. The van der Waals surface area contributed by atoms with Crippen LogP contribution in [0.1, 0.15) is 38.7 Å². The Balaban J connectivity index is 2.11. The number of benzene rings is 1. The van der Waals surface area contributed by atoms with Crippen LogP contribution in [0.4, 0.5) is 0 Å². The van der Waals surface area contributed by atoms with E-state index in [0.717, 1.165) is 12.8 Å². The number of carbonyl (C=O) groups is 1. The molecule has 0 N–H and O–H groups in total. The lowest BCUT2D eigenvalue weighted by Gasteiger charge is -2.36. The van der Waals surface area contributed by atoms with Crippen LogP contribution < -0.4 is 0 Å². The summed E-state index contributed by atoms with van der Waals surface area (Å²) in [6.45, 7) is 4.53. The summed E-state index contributed by atoms with van der Waals surface area (Å²) in [4.78, 5) is 11.5. The van der Waals surface area contributed by atoms with Gasteiger partial charge in [-0.3, -0.25) is 4.79 Å². The Morgan fingerprint density at radius 3 is 2.65 bits per heavy atom. The fourth-order valence-electron chi connectivity index (χ4n) is 2.39. The molecular weight excluding hydrogens is 208 g/mol. The van der Waals surface area contributed by atoms with E-state index in [-0.39, 0.29) is 5.41 Å². The molecule has 0 aliphatic heterocycles. The SMILES string of the molecule is CC1(C)CCC(=O)CC1/C=C\c1ccccc1. The second-order valence-electron chi connectivity index (χ2n) is 5.61. The number of carbonyl (C=O) groups excluding carboxylic acids is 1. The maximum atomic E-state index is 11.5. The molecule has 1 nitrogen and oxygen atoms in total. The molecule has 1 saturated carbocycles. The summed E-state index contributed by atoms with van der Waals surface area (Å²) >= 11 is 0. The fraction of sp³-hybridized carbons (Fsp3) is 0.438. The van der Waals surface area contributed by atoms with Crippen LogP contribution >= 0.6 is 0 Å². The van der Waals surface area contributed by atoms with Gasteiger partial charge in [-0.15, -0.1) is 0 Å². The largest absolute Gasteiger partial charge is 0.300 e. The van der Waals surface area contributed by atoms with Crippen LogP contribution in [0.3, 0.4) is 0 Å². The van der Waals surface area contributed by atoms with Gasteiger partial charge in [0.2, 0.25) is 0 Å². The van der Waals surface area contributed by atoms with E-state index in [9.17, 15) is 4.79 Å². The zero-order chi connectivity index (χ0) is 12.3. The van der Waals surface area contributed by atoms with Crippen molar-refractivity contribution in [2.24, 2.45) is 11.3 Å². The summed E-state index contributed by atoms with van der Waals surface area (Å²) in [6, 6.07) is 10.3. The third-order valence-corrected chi connectivity index (χ3v) is 3.82. The van der Waals surface area contributed by atoms with E-state index in [0.29, 0.717) is 18.1 Å². The lowest BCUT2D eigenvalue weighted by Crippen LogP contribution is -2.30. The Bertz CT molecular complexity index is 414. The molecule has 0 saturated heterocycles. The fourth-order valence-corrected chi connectivity index (χ4v) is 2.39. The van der Waals surface area contributed by atoms with Gasteiger partial charge in [0, 0.05) is 12.8 Å². The maximum absolute atomic E-state index is 11.5. The van der Waals surface area contributed by atoms with Crippen molar-refractivity contribution in [1.82, 2.24) is 0 Å². The van der Waals surface area contributed by atoms with Crippen molar-refractivity contribution in [3.05, 3.63) is 42.0 Å². The number of hydrogen-bond donors (Lipinski definition) is 0. The van der Waals surface area contributed by atoms with Crippen LogP contribution in [0.2, 0.25) is 0 Å². The average Bonchev–Trinajstić information content (AvgIpc) is 2.32. The van der Waals surface area contributed by atoms with Gasteiger partial charge < -0.3 is 0 Å². The van der Waals surface area contributed by atoms with Gasteiger partial charge in [0.25, 0.3) is 0 Å². The summed E-state index contributed by atoms with van der Waals surface area (Å²) < 4.78 is 0. The van der Waals surface area contributed by atoms with Crippen molar-refractivity contribution in [1.29, 1.82) is 0 Å². The third-order valence-electron chi connectivity index (χ3n) is 3.82. The van der Waals surface area contributed by atoms with Crippen molar-refractivity contribution in [3.8, 4) is 0 Å². The standard InChI is InChI=1S/C16H20O/c1-16(2)11-10-15(17)12-14(16)9-8-13-6-4-3-5-7-13/h3-9,14H,10-12H2,1-2H3/b9-8-. The summed E-state index contributed by atoms with van der Waals surface area (Å²) in [6.07, 6.45) is 6.83. The van der Waals surface area contributed by atoms with E-state index in [4.69, 9.17) is 0 Å². The molecule has 1 aliphatic rings. The van der Waals surface area contributed by atoms with E-state index < -0.39 is 0 Å². The van der Waals surface area contributed by atoms with Crippen LogP contribution in [-0.2, 0) is 4.79 Å². The van der Waals surface area contributed by atoms with Crippen LogP contribution in [0, 0.1) is 11.3 Å². The topological polar surface area (TPSA) is 17.1 Å². The van der Waals surface area contributed by atoms with Gasteiger partial charge in [0.15, 0.2) is 0 Å². The summed E-state index contributed by atoms with van der Waals surface area (Å²) in [7, 11) is 0. The van der Waals surface area contributed by atoms with Gasteiger partial charge in [-0.05, 0) is 23.3 Å². The average molecular weight is 228 g/mol. The Labute approximate surface area is 104 Å². The number of allylic oxidation sites excluding steroid dienone is 1. The third kappa shape index (κ3) is 3.06. The molecule has 0 heterocycles. The van der Waals surface area contributed by atoms with E-state index in [1.54, 1.807) is 0 Å². The summed E-state index contributed by atoms with van der Waals surface area (Å²) in [5.74, 6) is 0.788. The number of Topliss-reactive ketones (excluding diaryl/α,β-unsaturated/α-hetero) is 1. The molecule has 0 spiro atoms. The Hall–Kier alpha value is -1.37. The van der Waals surface area contributed by atoms with Gasteiger partial charge >= 0.3 is 0 Å². The minimum Gasteiger partial charge on any atom is -0.300 e. The molecule has 2 rings (SSSR count). The molecule has 1 heteroatoms. The van der Waals surface area contributed by atoms with Crippen LogP contribution in [-0.4, -0.2) is 5.78 Å². The second kappa shape index (κ2) is 4.87. The monoisotopic (exact) mass is 228 g/mol. The lowest BCUT2D eigenvalue weighted by molar-refractivity contribution is -0.123.